The lowest BCUT2D eigenvalue weighted by Crippen LogP contribution is -2.57. The van der Waals surface area contributed by atoms with Gasteiger partial charge in [0.2, 0.25) is 11.8 Å². The Morgan fingerprint density at radius 2 is 2.15 bits per heavy atom. The number of nitrogens with one attached hydrogen (secondary N) is 2. The highest BCUT2D eigenvalue weighted by Crippen LogP contribution is 2.24. The minimum atomic E-state index is -0.918. The van der Waals surface area contributed by atoms with Gasteiger partial charge in [-0.3, -0.25) is 14.9 Å². The number of anilines is 2. The average Bonchev–Trinajstić information content (AvgIpc) is 2.37. The predicted molar refractivity (Wildman–Crippen MR) is 68.3 cm³/mol. The summed E-state index contributed by atoms with van der Waals surface area (Å²) >= 11 is 0. The third-order valence-corrected chi connectivity index (χ3v) is 2.95. The van der Waals surface area contributed by atoms with E-state index in [9.17, 15) is 18.4 Å². The molecule has 1 atom stereocenters. The molecule has 1 aliphatic heterocycles. The molecule has 0 spiro atoms. The van der Waals surface area contributed by atoms with E-state index in [1.807, 2.05) is 0 Å². The topological polar surface area (TPSA) is 74.3 Å². The first-order valence-electron chi connectivity index (χ1n) is 6.14. The van der Waals surface area contributed by atoms with Gasteiger partial charge in [0.15, 0.2) is 23.3 Å². The first-order valence-corrected chi connectivity index (χ1v) is 6.14. The summed E-state index contributed by atoms with van der Waals surface area (Å²) in [4.78, 5) is 28.0. The lowest BCUT2D eigenvalue weighted by Gasteiger charge is -2.32. The van der Waals surface area contributed by atoms with E-state index < -0.39 is 29.5 Å². The van der Waals surface area contributed by atoms with Crippen molar-refractivity contribution in [2.24, 2.45) is 0 Å². The summed E-state index contributed by atoms with van der Waals surface area (Å²) in [5.41, 5.74) is 0. The number of rotatable bonds is 3. The molecule has 0 saturated carbocycles. The molecule has 1 aliphatic rings. The number of piperazine rings is 1. The van der Waals surface area contributed by atoms with Crippen LogP contribution < -0.4 is 15.5 Å². The molecule has 6 nitrogen and oxygen atoms in total. The van der Waals surface area contributed by atoms with Crippen molar-refractivity contribution in [3.05, 3.63) is 17.7 Å². The van der Waals surface area contributed by atoms with E-state index >= 15 is 0 Å². The van der Waals surface area contributed by atoms with E-state index in [-0.39, 0.29) is 18.2 Å². The number of carbonyl (C=O) groups excluding carboxylic acids is 2. The van der Waals surface area contributed by atoms with Gasteiger partial charge in [0.05, 0.1) is 6.54 Å². The molecule has 20 heavy (non-hydrogen) atoms. The fourth-order valence-electron chi connectivity index (χ4n) is 1.92. The number of hydrogen-bond acceptors (Lipinski definition) is 5. The summed E-state index contributed by atoms with van der Waals surface area (Å²) < 4.78 is 27.4. The Kier molecular flexibility index (Phi) is 3.82. The standard InChI is InChI=1S/C12H14F2N4O2/c1-3-15-10-7(13)4-8(14)11(17-10)18-5-9(19)16-12(20)6(18)2/h4,6H,3,5H2,1-2H3,(H,15,17)(H,16,19,20). The van der Waals surface area contributed by atoms with Crippen molar-refractivity contribution in [2.75, 3.05) is 23.3 Å². The summed E-state index contributed by atoms with van der Waals surface area (Å²) in [7, 11) is 0. The molecule has 0 bridgehead atoms. The number of carbonyl (C=O) groups is 2. The fourth-order valence-corrected chi connectivity index (χ4v) is 1.92. The number of pyridine rings is 1. The zero-order valence-electron chi connectivity index (χ0n) is 11.0. The minimum absolute atomic E-state index is 0.116. The van der Waals surface area contributed by atoms with Gasteiger partial charge in [-0.15, -0.1) is 0 Å². The Morgan fingerprint density at radius 1 is 1.45 bits per heavy atom. The second-order valence-electron chi connectivity index (χ2n) is 4.37. The molecule has 2 heterocycles. The van der Waals surface area contributed by atoms with Crippen molar-refractivity contribution >= 4 is 23.5 Å². The van der Waals surface area contributed by atoms with Crippen molar-refractivity contribution < 1.29 is 18.4 Å². The van der Waals surface area contributed by atoms with Crippen LogP contribution in [0.25, 0.3) is 0 Å². The summed E-state index contributed by atoms with van der Waals surface area (Å²) in [6.07, 6.45) is 0. The van der Waals surface area contributed by atoms with Gasteiger partial charge in [-0.05, 0) is 13.8 Å². The van der Waals surface area contributed by atoms with Crippen LogP contribution in [0, 0.1) is 11.6 Å². The molecule has 1 unspecified atom stereocenters. The quantitative estimate of drug-likeness (QED) is 0.797. The van der Waals surface area contributed by atoms with Crippen LogP contribution in [0.5, 0.6) is 0 Å². The Balaban J connectivity index is 2.42. The highest BCUT2D eigenvalue weighted by Gasteiger charge is 2.33. The average molecular weight is 284 g/mol. The Hall–Kier alpha value is -2.25. The molecular weight excluding hydrogens is 270 g/mol. The third-order valence-electron chi connectivity index (χ3n) is 2.95. The van der Waals surface area contributed by atoms with Gasteiger partial charge in [-0.2, -0.15) is 0 Å². The molecule has 1 saturated heterocycles. The molecule has 8 heteroatoms. The van der Waals surface area contributed by atoms with E-state index in [0.29, 0.717) is 12.6 Å². The fraction of sp³-hybridized carbons (Fsp3) is 0.417. The zero-order chi connectivity index (χ0) is 14.9. The summed E-state index contributed by atoms with van der Waals surface area (Å²) in [5.74, 6) is -3.18. The molecule has 2 rings (SSSR count). The molecule has 0 aliphatic carbocycles. The summed E-state index contributed by atoms with van der Waals surface area (Å²) in [6.45, 7) is 3.45. The van der Waals surface area contributed by atoms with Gasteiger partial charge in [0.25, 0.3) is 0 Å². The van der Waals surface area contributed by atoms with E-state index in [1.165, 1.54) is 11.8 Å². The number of amides is 2. The Morgan fingerprint density at radius 3 is 2.80 bits per heavy atom. The molecule has 1 aromatic rings. The van der Waals surface area contributed by atoms with Gasteiger partial charge in [-0.1, -0.05) is 0 Å². The lowest BCUT2D eigenvalue weighted by molar-refractivity contribution is -0.132. The predicted octanol–water partition coefficient (Wildman–Crippen LogP) is 0.643. The van der Waals surface area contributed by atoms with Crippen molar-refractivity contribution in [3.63, 3.8) is 0 Å². The monoisotopic (exact) mass is 284 g/mol. The third kappa shape index (κ3) is 2.54. The highest BCUT2D eigenvalue weighted by molar-refractivity contribution is 6.04. The van der Waals surface area contributed by atoms with E-state index in [0.717, 1.165) is 0 Å². The molecule has 1 aromatic heterocycles. The SMILES string of the molecule is CCNc1nc(N2CC(=O)NC(=O)C2C)c(F)cc1F. The number of nitrogens with zero attached hydrogens (tertiary/aromatic N) is 2. The van der Waals surface area contributed by atoms with E-state index in [4.69, 9.17) is 0 Å². The largest absolute Gasteiger partial charge is 0.368 e. The van der Waals surface area contributed by atoms with E-state index in [1.54, 1.807) is 6.92 Å². The maximum atomic E-state index is 13.9. The van der Waals surface area contributed by atoms with Crippen LogP contribution in [0.15, 0.2) is 6.07 Å². The van der Waals surface area contributed by atoms with Crippen LogP contribution in [0.2, 0.25) is 0 Å². The van der Waals surface area contributed by atoms with Crippen LogP contribution in [0.3, 0.4) is 0 Å². The Bertz CT molecular complexity index is 565. The van der Waals surface area contributed by atoms with Crippen molar-refractivity contribution in [2.45, 2.75) is 19.9 Å². The molecular formula is C12H14F2N4O2. The normalized spacial score (nSPS) is 19.0. The second-order valence-corrected chi connectivity index (χ2v) is 4.37. The Labute approximate surface area is 114 Å². The van der Waals surface area contributed by atoms with Gasteiger partial charge in [0, 0.05) is 12.6 Å². The summed E-state index contributed by atoms with van der Waals surface area (Å²) in [5, 5.41) is 4.79. The maximum Gasteiger partial charge on any atom is 0.249 e. The van der Waals surface area contributed by atoms with Crippen molar-refractivity contribution in [1.29, 1.82) is 0 Å². The second kappa shape index (κ2) is 5.40. The maximum absolute atomic E-state index is 13.9. The number of aromatic nitrogens is 1. The molecule has 0 aromatic carbocycles. The minimum Gasteiger partial charge on any atom is -0.368 e. The molecule has 1 fully saturated rings. The number of hydrogen-bond donors (Lipinski definition) is 2. The smallest absolute Gasteiger partial charge is 0.249 e. The first-order chi connectivity index (χ1) is 9.43. The van der Waals surface area contributed by atoms with Crippen molar-refractivity contribution in [3.8, 4) is 0 Å². The highest BCUT2D eigenvalue weighted by atomic mass is 19.1. The van der Waals surface area contributed by atoms with E-state index in [2.05, 4.69) is 15.6 Å². The number of halogens is 2. The molecule has 108 valence electrons. The summed E-state index contributed by atoms with van der Waals surface area (Å²) in [6, 6.07) is -0.0843. The van der Waals surface area contributed by atoms with Crippen LogP contribution >= 0.6 is 0 Å². The van der Waals surface area contributed by atoms with Gasteiger partial charge < -0.3 is 10.2 Å². The van der Waals surface area contributed by atoms with Crippen LogP contribution in [-0.4, -0.2) is 35.9 Å². The molecule has 2 amide bonds. The van der Waals surface area contributed by atoms with Gasteiger partial charge in [0.1, 0.15) is 6.04 Å². The molecule has 2 N–H and O–H groups in total. The molecule has 0 radical (unpaired) electrons. The van der Waals surface area contributed by atoms with Crippen LogP contribution in [-0.2, 0) is 9.59 Å². The van der Waals surface area contributed by atoms with Gasteiger partial charge >= 0.3 is 0 Å². The lowest BCUT2D eigenvalue weighted by atomic mass is 10.2. The zero-order valence-corrected chi connectivity index (χ0v) is 11.0. The van der Waals surface area contributed by atoms with Crippen LogP contribution in [0.1, 0.15) is 13.8 Å². The van der Waals surface area contributed by atoms with Crippen LogP contribution in [0.4, 0.5) is 20.4 Å². The first kappa shape index (κ1) is 14.2. The van der Waals surface area contributed by atoms with Crippen molar-refractivity contribution in [1.82, 2.24) is 10.3 Å². The number of imide groups is 1. The van der Waals surface area contributed by atoms with Gasteiger partial charge in [-0.25, -0.2) is 13.8 Å².